The van der Waals surface area contributed by atoms with Crippen LogP contribution in [0.3, 0.4) is 0 Å². The summed E-state index contributed by atoms with van der Waals surface area (Å²) in [7, 11) is 1.95. The Balaban J connectivity index is 1.68. The van der Waals surface area contributed by atoms with Gasteiger partial charge in [0.2, 0.25) is 0 Å². The highest BCUT2D eigenvalue weighted by atomic mass is 79.9. The van der Waals surface area contributed by atoms with Crippen LogP contribution in [-0.2, 0) is 0 Å². The molecule has 116 valence electrons. The molecule has 0 unspecified atom stereocenters. The summed E-state index contributed by atoms with van der Waals surface area (Å²) in [6.45, 7) is 1.97. The van der Waals surface area contributed by atoms with Crippen molar-refractivity contribution in [1.29, 1.82) is 0 Å². The number of halogens is 1. The summed E-state index contributed by atoms with van der Waals surface area (Å²) in [5.41, 5.74) is 1.73. The van der Waals surface area contributed by atoms with Gasteiger partial charge >= 0.3 is 0 Å². The summed E-state index contributed by atoms with van der Waals surface area (Å²) >= 11 is 3.48. The molecule has 0 N–H and O–H groups in total. The number of hydrogen-bond acceptors (Lipinski definition) is 2. The summed E-state index contributed by atoms with van der Waals surface area (Å²) < 4.78 is 6.88. The molecule has 0 spiro atoms. The lowest BCUT2D eigenvalue weighted by Gasteiger charge is -2.27. The van der Waals surface area contributed by atoms with E-state index in [9.17, 15) is 4.79 Å². The first kappa shape index (κ1) is 14.3. The fraction of sp³-hybridized carbons (Fsp3) is 0.500. The summed E-state index contributed by atoms with van der Waals surface area (Å²) in [6, 6.07) is 6.29. The van der Waals surface area contributed by atoms with Crippen molar-refractivity contribution in [2.75, 3.05) is 7.05 Å². The molecule has 22 heavy (non-hydrogen) atoms. The Hall–Kier alpha value is -1.29. The Labute approximate surface area is 138 Å². The van der Waals surface area contributed by atoms with Crippen LogP contribution in [0, 0.1) is 18.8 Å². The molecule has 1 aromatic carbocycles. The Morgan fingerprint density at radius 3 is 2.50 bits per heavy atom. The van der Waals surface area contributed by atoms with Crippen molar-refractivity contribution >= 4 is 32.8 Å². The molecule has 0 bridgehead atoms. The summed E-state index contributed by atoms with van der Waals surface area (Å²) in [5.74, 6) is 1.95. The molecule has 2 aliphatic carbocycles. The lowest BCUT2D eigenvalue weighted by Crippen LogP contribution is -2.40. The van der Waals surface area contributed by atoms with Gasteiger partial charge in [0.25, 0.3) is 5.91 Å². The summed E-state index contributed by atoms with van der Waals surface area (Å²) in [6.07, 6.45) is 5.07. The van der Waals surface area contributed by atoms with Gasteiger partial charge in [0.1, 0.15) is 5.58 Å². The van der Waals surface area contributed by atoms with Crippen molar-refractivity contribution in [2.45, 2.75) is 38.6 Å². The van der Waals surface area contributed by atoms with Gasteiger partial charge in [-0.15, -0.1) is 0 Å². The third kappa shape index (κ3) is 2.37. The number of carbonyl (C=O) groups excluding carboxylic acids is 1. The second kappa shape index (κ2) is 5.12. The van der Waals surface area contributed by atoms with Gasteiger partial charge in [0.05, 0.1) is 0 Å². The number of hydrogen-bond donors (Lipinski definition) is 0. The largest absolute Gasteiger partial charge is 0.451 e. The molecule has 0 radical (unpaired) electrons. The number of benzene rings is 1. The minimum absolute atomic E-state index is 0.0358. The van der Waals surface area contributed by atoms with Crippen molar-refractivity contribution in [1.82, 2.24) is 4.90 Å². The van der Waals surface area contributed by atoms with Gasteiger partial charge in [-0.25, -0.2) is 0 Å². The maximum Gasteiger partial charge on any atom is 0.289 e. The van der Waals surface area contributed by atoms with E-state index in [0.29, 0.717) is 23.6 Å². The molecule has 2 saturated carbocycles. The fourth-order valence-electron chi connectivity index (χ4n) is 3.59. The Morgan fingerprint density at radius 1 is 1.27 bits per heavy atom. The molecule has 2 fully saturated rings. The van der Waals surface area contributed by atoms with Crippen molar-refractivity contribution in [3.63, 3.8) is 0 Å². The first-order chi connectivity index (χ1) is 10.6. The van der Waals surface area contributed by atoms with Gasteiger partial charge in [0, 0.05) is 28.5 Å². The van der Waals surface area contributed by atoms with E-state index in [1.807, 2.05) is 37.1 Å². The van der Waals surface area contributed by atoms with Crippen molar-refractivity contribution in [3.05, 3.63) is 34.0 Å². The molecule has 1 heterocycles. The van der Waals surface area contributed by atoms with Crippen LogP contribution < -0.4 is 0 Å². The van der Waals surface area contributed by atoms with E-state index in [4.69, 9.17) is 4.42 Å². The summed E-state index contributed by atoms with van der Waals surface area (Å²) in [4.78, 5) is 14.9. The molecular weight excluding hydrogens is 342 g/mol. The molecule has 0 atom stereocenters. The summed E-state index contributed by atoms with van der Waals surface area (Å²) in [5, 5.41) is 1.01. The number of carbonyl (C=O) groups is 1. The van der Waals surface area contributed by atoms with Gasteiger partial charge < -0.3 is 9.32 Å². The number of fused-ring (bicyclic) bond motifs is 1. The number of amides is 1. The lowest BCUT2D eigenvalue weighted by atomic mass is 10.0. The van der Waals surface area contributed by atoms with E-state index in [0.717, 1.165) is 21.0 Å². The van der Waals surface area contributed by atoms with Gasteiger partial charge in [-0.2, -0.15) is 0 Å². The first-order valence-corrected chi connectivity index (χ1v) is 8.81. The topological polar surface area (TPSA) is 33.5 Å². The second-order valence-corrected chi connectivity index (χ2v) is 7.69. The Bertz CT molecular complexity index is 731. The van der Waals surface area contributed by atoms with Gasteiger partial charge in [-0.3, -0.25) is 4.79 Å². The van der Waals surface area contributed by atoms with Crippen LogP contribution in [0.5, 0.6) is 0 Å². The van der Waals surface area contributed by atoms with E-state index in [1.165, 1.54) is 25.7 Å². The van der Waals surface area contributed by atoms with Crippen molar-refractivity contribution in [2.24, 2.45) is 11.8 Å². The van der Waals surface area contributed by atoms with Crippen molar-refractivity contribution in [3.8, 4) is 0 Å². The minimum Gasteiger partial charge on any atom is -0.451 e. The van der Waals surface area contributed by atoms with Crippen LogP contribution >= 0.6 is 15.9 Å². The SMILES string of the molecule is Cc1c(C(=O)N(C)C(C2CC2)C2CC2)oc2ccc(Br)cc12. The smallest absolute Gasteiger partial charge is 0.289 e. The van der Waals surface area contributed by atoms with E-state index in [2.05, 4.69) is 15.9 Å². The van der Waals surface area contributed by atoms with Crippen LogP contribution in [0.2, 0.25) is 0 Å². The molecule has 2 aromatic rings. The Morgan fingerprint density at radius 2 is 1.91 bits per heavy atom. The monoisotopic (exact) mass is 361 g/mol. The molecule has 4 heteroatoms. The van der Waals surface area contributed by atoms with E-state index in [1.54, 1.807) is 0 Å². The highest BCUT2D eigenvalue weighted by Crippen LogP contribution is 2.47. The van der Waals surface area contributed by atoms with E-state index in [-0.39, 0.29) is 5.91 Å². The molecule has 3 nitrogen and oxygen atoms in total. The molecule has 2 aliphatic rings. The average molecular weight is 362 g/mol. The zero-order chi connectivity index (χ0) is 15.4. The van der Waals surface area contributed by atoms with Crippen LogP contribution in [-0.4, -0.2) is 23.9 Å². The highest BCUT2D eigenvalue weighted by Gasteiger charge is 2.45. The number of aryl methyl sites for hydroxylation is 1. The van der Waals surface area contributed by atoms with E-state index >= 15 is 0 Å². The number of nitrogens with zero attached hydrogens (tertiary/aromatic N) is 1. The van der Waals surface area contributed by atoms with Gasteiger partial charge in [-0.1, -0.05) is 15.9 Å². The zero-order valence-corrected chi connectivity index (χ0v) is 14.5. The minimum atomic E-state index is 0.0358. The van der Waals surface area contributed by atoms with E-state index < -0.39 is 0 Å². The number of rotatable bonds is 4. The molecule has 1 amide bonds. The second-order valence-electron chi connectivity index (χ2n) is 6.78. The fourth-order valence-corrected chi connectivity index (χ4v) is 3.95. The van der Waals surface area contributed by atoms with Crippen LogP contribution in [0.4, 0.5) is 0 Å². The van der Waals surface area contributed by atoms with Gasteiger partial charge in [-0.05, 0) is 62.6 Å². The normalized spacial score (nSPS) is 18.2. The van der Waals surface area contributed by atoms with Gasteiger partial charge in [0.15, 0.2) is 5.76 Å². The molecule has 0 aliphatic heterocycles. The zero-order valence-electron chi connectivity index (χ0n) is 12.9. The van der Waals surface area contributed by atoms with Crippen LogP contribution in [0.1, 0.15) is 41.8 Å². The third-order valence-corrected chi connectivity index (χ3v) is 5.56. The van der Waals surface area contributed by atoms with Crippen LogP contribution in [0.15, 0.2) is 27.1 Å². The molecule has 0 saturated heterocycles. The average Bonchev–Trinajstić information content (AvgIpc) is 3.40. The molecular formula is C18H20BrNO2. The maximum atomic E-state index is 12.9. The lowest BCUT2D eigenvalue weighted by molar-refractivity contribution is 0.0659. The quantitative estimate of drug-likeness (QED) is 0.785. The predicted octanol–water partition coefficient (Wildman–Crippen LogP) is 4.76. The molecule has 4 rings (SSSR count). The standard InChI is InChI=1S/C18H20BrNO2/c1-10-14-9-13(19)7-8-15(14)22-17(10)18(21)20(2)16(11-3-4-11)12-5-6-12/h7-9,11-12,16H,3-6H2,1-2H3. The predicted molar refractivity (Wildman–Crippen MR) is 90.0 cm³/mol. The maximum absolute atomic E-state index is 12.9. The first-order valence-electron chi connectivity index (χ1n) is 8.02. The highest BCUT2D eigenvalue weighted by molar-refractivity contribution is 9.10. The third-order valence-electron chi connectivity index (χ3n) is 5.07. The number of furan rings is 1. The Kier molecular flexibility index (Phi) is 3.33. The van der Waals surface area contributed by atoms with Crippen molar-refractivity contribution < 1.29 is 9.21 Å². The molecule has 1 aromatic heterocycles. The van der Waals surface area contributed by atoms with Crippen LogP contribution in [0.25, 0.3) is 11.0 Å².